The van der Waals surface area contributed by atoms with Crippen LogP contribution in [0.15, 0.2) is 24.4 Å². The molecule has 0 fully saturated rings. The number of likely N-dealkylation sites (N-methyl/N-ethyl adjacent to an activating group) is 1. The van der Waals surface area contributed by atoms with Crippen LogP contribution in [0, 0.1) is 0 Å². The molecule has 0 aromatic carbocycles. The van der Waals surface area contributed by atoms with Crippen molar-refractivity contribution in [3.05, 3.63) is 30.1 Å². The van der Waals surface area contributed by atoms with Crippen LogP contribution < -0.4 is 5.32 Å². The van der Waals surface area contributed by atoms with Crippen molar-refractivity contribution in [2.45, 2.75) is 32.2 Å². The Labute approximate surface area is 121 Å². The molecule has 5 nitrogen and oxygen atoms in total. The third-order valence-corrected chi connectivity index (χ3v) is 3.21. The van der Waals surface area contributed by atoms with Crippen LogP contribution in [0.3, 0.4) is 0 Å². The first kappa shape index (κ1) is 16.6. The van der Waals surface area contributed by atoms with Crippen molar-refractivity contribution in [1.29, 1.82) is 0 Å². The lowest BCUT2D eigenvalue weighted by molar-refractivity contribution is -0.139. The minimum atomic E-state index is -0.767. The summed E-state index contributed by atoms with van der Waals surface area (Å²) in [7, 11) is 2.02. The van der Waals surface area contributed by atoms with E-state index in [9.17, 15) is 4.79 Å². The summed E-state index contributed by atoms with van der Waals surface area (Å²) in [5.41, 5.74) is 1.07. The van der Waals surface area contributed by atoms with Crippen LogP contribution in [0.5, 0.6) is 0 Å². The molecule has 5 heteroatoms. The standard InChI is InChI=1S/C15H25N3O2/c1-3-9-17-14(15(19)20)8-12-18(2)11-7-13-6-4-5-10-16-13/h4-6,10,14,17H,3,7-9,11-12H2,1-2H3,(H,19,20). The third kappa shape index (κ3) is 6.63. The fourth-order valence-electron chi connectivity index (χ4n) is 1.94. The number of carbonyl (C=O) groups is 1. The summed E-state index contributed by atoms with van der Waals surface area (Å²) < 4.78 is 0. The second kappa shape index (κ2) is 9.44. The van der Waals surface area contributed by atoms with Crippen molar-refractivity contribution in [3.63, 3.8) is 0 Å². The zero-order valence-corrected chi connectivity index (χ0v) is 12.4. The first-order valence-corrected chi connectivity index (χ1v) is 7.18. The molecule has 0 aliphatic rings. The van der Waals surface area contributed by atoms with E-state index in [1.807, 2.05) is 32.2 Å². The molecule has 0 amide bonds. The number of pyridine rings is 1. The van der Waals surface area contributed by atoms with E-state index >= 15 is 0 Å². The van der Waals surface area contributed by atoms with Crippen molar-refractivity contribution in [1.82, 2.24) is 15.2 Å². The van der Waals surface area contributed by atoms with E-state index in [1.54, 1.807) is 6.20 Å². The van der Waals surface area contributed by atoms with Gasteiger partial charge < -0.3 is 15.3 Å². The van der Waals surface area contributed by atoms with Gasteiger partial charge in [0.25, 0.3) is 0 Å². The summed E-state index contributed by atoms with van der Waals surface area (Å²) in [6, 6.07) is 5.45. The molecule has 1 aromatic heterocycles. The van der Waals surface area contributed by atoms with Crippen molar-refractivity contribution >= 4 is 5.97 Å². The Bertz CT molecular complexity index is 384. The summed E-state index contributed by atoms with van der Waals surface area (Å²) in [5.74, 6) is -0.767. The van der Waals surface area contributed by atoms with Crippen molar-refractivity contribution < 1.29 is 9.90 Å². The molecular weight excluding hydrogens is 254 g/mol. The third-order valence-electron chi connectivity index (χ3n) is 3.21. The molecule has 0 saturated heterocycles. The van der Waals surface area contributed by atoms with Crippen LogP contribution in [-0.4, -0.2) is 53.7 Å². The van der Waals surface area contributed by atoms with E-state index in [-0.39, 0.29) is 0 Å². The maximum Gasteiger partial charge on any atom is 0.320 e. The van der Waals surface area contributed by atoms with Gasteiger partial charge in [0.2, 0.25) is 0 Å². The van der Waals surface area contributed by atoms with E-state index in [2.05, 4.69) is 15.2 Å². The maximum atomic E-state index is 11.1. The van der Waals surface area contributed by atoms with Crippen molar-refractivity contribution in [2.75, 3.05) is 26.7 Å². The minimum absolute atomic E-state index is 0.452. The Morgan fingerprint density at radius 2 is 2.25 bits per heavy atom. The van der Waals surface area contributed by atoms with Gasteiger partial charge in [0.15, 0.2) is 0 Å². The highest BCUT2D eigenvalue weighted by Crippen LogP contribution is 2.00. The summed E-state index contributed by atoms with van der Waals surface area (Å²) in [4.78, 5) is 17.5. The molecule has 1 rings (SSSR count). The van der Waals surface area contributed by atoms with Crippen LogP contribution in [0.1, 0.15) is 25.5 Å². The number of aliphatic carboxylic acids is 1. The van der Waals surface area contributed by atoms with E-state index in [1.165, 1.54) is 0 Å². The summed E-state index contributed by atoms with van der Waals surface area (Å²) in [6.45, 7) is 4.43. The molecule has 0 aliphatic heterocycles. The van der Waals surface area contributed by atoms with Crippen LogP contribution >= 0.6 is 0 Å². The Kier molecular flexibility index (Phi) is 7.84. The summed E-state index contributed by atoms with van der Waals surface area (Å²) >= 11 is 0. The number of carboxylic acid groups (broad SMARTS) is 1. The Morgan fingerprint density at radius 1 is 1.45 bits per heavy atom. The number of nitrogens with zero attached hydrogens (tertiary/aromatic N) is 2. The highest BCUT2D eigenvalue weighted by atomic mass is 16.4. The smallest absolute Gasteiger partial charge is 0.320 e. The van der Waals surface area contributed by atoms with Gasteiger partial charge in [-0.15, -0.1) is 0 Å². The average molecular weight is 279 g/mol. The van der Waals surface area contributed by atoms with Gasteiger partial charge in [-0.05, 0) is 45.1 Å². The molecule has 0 radical (unpaired) electrons. The van der Waals surface area contributed by atoms with E-state index in [4.69, 9.17) is 5.11 Å². The monoisotopic (exact) mass is 279 g/mol. The summed E-state index contributed by atoms with van der Waals surface area (Å²) in [6.07, 6.45) is 4.25. The van der Waals surface area contributed by atoms with Gasteiger partial charge >= 0.3 is 5.97 Å². The zero-order valence-electron chi connectivity index (χ0n) is 12.4. The molecule has 1 heterocycles. The molecule has 20 heavy (non-hydrogen) atoms. The Hall–Kier alpha value is -1.46. The van der Waals surface area contributed by atoms with Gasteiger partial charge in [0, 0.05) is 24.9 Å². The lowest BCUT2D eigenvalue weighted by Crippen LogP contribution is -2.40. The van der Waals surface area contributed by atoms with Gasteiger partial charge in [0.1, 0.15) is 6.04 Å². The van der Waals surface area contributed by atoms with Gasteiger partial charge in [-0.1, -0.05) is 13.0 Å². The number of hydrogen-bond acceptors (Lipinski definition) is 4. The topological polar surface area (TPSA) is 65.5 Å². The lowest BCUT2D eigenvalue weighted by Gasteiger charge is -2.20. The highest BCUT2D eigenvalue weighted by molar-refractivity contribution is 5.73. The SMILES string of the molecule is CCCNC(CCN(C)CCc1ccccn1)C(=O)O. The second-order valence-corrected chi connectivity index (χ2v) is 5.01. The van der Waals surface area contributed by atoms with Gasteiger partial charge in [-0.25, -0.2) is 0 Å². The predicted molar refractivity (Wildman–Crippen MR) is 79.8 cm³/mol. The molecule has 0 bridgehead atoms. The zero-order chi connectivity index (χ0) is 14.8. The normalized spacial score (nSPS) is 12.6. The number of hydrogen-bond donors (Lipinski definition) is 2. The van der Waals surface area contributed by atoms with Crippen molar-refractivity contribution in [3.8, 4) is 0 Å². The van der Waals surface area contributed by atoms with E-state index in [0.29, 0.717) is 6.42 Å². The quantitative estimate of drug-likeness (QED) is 0.678. The van der Waals surface area contributed by atoms with E-state index in [0.717, 1.165) is 38.2 Å². The molecule has 1 aromatic rings. The van der Waals surface area contributed by atoms with Gasteiger partial charge in [0.05, 0.1) is 0 Å². The van der Waals surface area contributed by atoms with Gasteiger partial charge in [-0.2, -0.15) is 0 Å². The second-order valence-electron chi connectivity index (χ2n) is 5.01. The Balaban J connectivity index is 2.27. The number of carboxylic acids is 1. The fraction of sp³-hybridized carbons (Fsp3) is 0.600. The number of rotatable bonds is 10. The molecular formula is C15H25N3O2. The predicted octanol–water partition coefficient (Wildman–Crippen LogP) is 1.40. The highest BCUT2D eigenvalue weighted by Gasteiger charge is 2.16. The van der Waals surface area contributed by atoms with Crippen LogP contribution in [-0.2, 0) is 11.2 Å². The van der Waals surface area contributed by atoms with Crippen LogP contribution in [0.25, 0.3) is 0 Å². The molecule has 2 N–H and O–H groups in total. The van der Waals surface area contributed by atoms with E-state index < -0.39 is 12.0 Å². The molecule has 0 spiro atoms. The molecule has 112 valence electrons. The number of nitrogens with one attached hydrogen (secondary N) is 1. The molecule has 0 saturated carbocycles. The van der Waals surface area contributed by atoms with Gasteiger partial charge in [-0.3, -0.25) is 9.78 Å². The Morgan fingerprint density at radius 3 is 2.85 bits per heavy atom. The van der Waals surface area contributed by atoms with Crippen LogP contribution in [0.2, 0.25) is 0 Å². The van der Waals surface area contributed by atoms with Crippen molar-refractivity contribution in [2.24, 2.45) is 0 Å². The summed E-state index contributed by atoms with van der Waals surface area (Å²) in [5, 5.41) is 12.2. The average Bonchev–Trinajstić information content (AvgIpc) is 2.46. The molecule has 1 unspecified atom stereocenters. The maximum absolute atomic E-state index is 11.1. The molecule has 0 aliphatic carbocycles. The molecule has 1 atom stereocenters. The first-order valence-electron chi connectivity index (χ1n) is 7.18. The lowest BCUT2D eigenvalue weighted by atomic mass is 10.2. The first-order chi connectivity index (χ1) is 9.63. The largest absolute Gasteiger partial charge is 0.480 e. The van der Waals surface area contributed by atoms with Crippen LogP contribution in [0.4, 0.5) is 0 Å². The number of aromatic nitrogens is 1. The fourth-order valence-corrected chi connectivity index (χ4v) is 1.94. The minimum Gasteiger partial charge on any atom is -0.480 e.